The van der Waals surface area contributed by atoms with Crippen LogP contribution in [0.3, 0.4) is 0 Å². The fraction of sp³-hybridized carbons (Fsp3) is 0.368. The van der Waals surface area contributed by atoms with Gasteiger partial charge < -0.3 is 4.98 Å². The van der Waals surface area contributed by atoms with Crippen LogP contribution in [0.25, 0.3) is 22.3 Å². The fourth-order valence-electron chi connectivity index (χ4n) is 3.60. The van der Waals surface area contributed by atoms with Gasteiger partial charge in [-0.1, -0.05) is 6.42 Å². The minimum Gasteiger partial charge on any atom is -0.339 e. The highest BCUT2D eigenvalue weighted by atomic mass is 15.2. The van der Waals surface area contributed by atoms with Gasteiger partial charge in [-0.25, -0.2) is 4.98 Å². The van der Waals surface area contributed by atoms with E-state index >= 15 is 0 Å². The van der Waals surface area contributed by atoms with Gasteiger partial charge in [0.2, 0.25) is 0 Å². The summed E-state index contributed by atoms with van der Waals surface area (Å²) in [5.74, 6) is 0. The molecule has 1 aliphatic heterocycles. The molecule has 0 saturated carbocycles. The Kier molecular flexibility index (Phi) is 3.83. The van der Waals surface area contributed by atoms with Crippen LogP contribution in [0.5, 0.6) is 0 Å². The van der Waals surface area contributed by atoms with E-state index in [-0.39, 0.29) is 0 Å². The molecule has 4 heterocycles. The number of H-pyrrole nitrogens is 1. The van der Waals surface area contributed by atoms with Gasteiger partial charge in [-0.2, -0.15) is 0 Å². The fourth-order valence-corrected chi connectivity index (χ4v) is 3.60. The second-order valence-corrected chi connectivity index (χ2v) is 6.43. The SMILES string of the molecule is CC1CCCCN1Cc1c(-c2ccncc2)[nH]c2ncccc12. The van der Waals surface area contributed by atoms with Crippen LogP contribution in [0.2, 0.25) is 0 Å². The normalized spacial score (nSPS) is 19.3. The van der Waals surface area contributed by atoms with Crippen molar-refractivity contribution in [3.05, 3.63) is 48.4 Å². The smallest absolute Gasteiger partial charge is 0.138 e. The number of rotatable bonds is 3. The lowest BCUT2D eigenvalue weighted by atomic mass is 10.0. The molecule has 4 nitrogen and oxygen atoms in total. The van der Waals surface area contributed by atoms with Crippen LogP contribution in [0.1, 0.15) is 31.7 Å². The van der Waals surface area contributed by atoms with Crippen molar-refractivity contribution in [3.8, 4) is 11.3 Å². The van der Waals surface area contributed by atoms with E-state index in [0.717, 1.165) is 12.2 Å². The quantitative estimate of drug-likeness (QED) is 0.795. The summed E-state index contributed by atoms with van der Waals surface area (Å²) in [5, 5.41) is 1.23. The summed E-state index contributed by atoms with van der Waals surface area (Å²) in [6.45, 7) is 4.51. The molecule has 1 atom stereocenters. The maximum Gasteiger partial charge on any atom is 0.138 e. The van der Waals surface area contributed by atoms with Crippen LogP contribution in [0, 0.1) is 0 Å². The molecule has 3 aromatic heterocycles. The molecular formula is C19H22N4. The van der Waals surface area contributed by atoms with E-state index in [9.17, 15) is 0 Å². The summed E-state index contributed by atoms with van der Waals surface area (Å²) >= 11 is 0. The van der Waals surface area contributed by atoms with Crippen LogP contribution in [0.15, 0.2) is 42.9 Å². The third kappa shape index (κ3) is 2.75. The summed E-state index contributed by atoms with van der Waals surface area (Å²) in [7, 11) is 0. The zero-order valence-electron chi connectivity index (χ0n) is 13.5. The first-order chi connectivity index (χ1) is 11.3. The number of hydrogen-bond donors (Lipinski definition) is 1. The van der Waals surface area contributed by atoms with E-state index in [1.807, 2.05) is 24.7 Å². The predicted molar refractivity (Wildman–Crippen MR) is 93.0 cm³/mol. The predicted octanol–water partition coefficient (Wildman–Crippen LogP) is 4.00. The van der Waals surface area contributed by atoms with E-state index in [2.05, 4.69) is 45.0 Å². The Morgan fingerprint density at radius 3 is 2.87 bits per heavy atom. The van der Waals surface area contributed by atoms with Crippen molar-refractivity contribution < 1.29 is 0 Å². The highest BCUT2D eigenvalue weighted by Crippen LogP contribution is 2.31. The van der Waals surface area contributed by atoms with Crippen molar-refractivity contribution in [2.24, 2.45) is 0 Å². The number of aromatic amines is 1. The zero-order chi connectivity index (χ0) is 15.6. The lowest BCUT2D eigenvalue weighted by Gasteiger charge is -2.33. The van der Waals surface area contributed by atoms with Gasteiger partial charge in [-0.05, 0) is 50.6 Å². The van der Waals surface area contributed by atoms with Crippen molar-refractivity contribution in [3.63, 3.8) is 0 Å². The minimum absolute atomic E-state index is 0.649. The Bertz CT molecular complexity index is 793. The Labute approximate surface area is 136 Å². The van der Waals surface area contributed by atoms with Crippen molar-refractivity contribution in [1.29, 1.82) is 0 Å². The topological polar surface area (TPSA) is 44.8 Å². The Hall–Kier alpha value is -2.20. The molecule has 118 valence electrons. The van der Waals surface area contributed by atoms with Gasteiger partial charge in [0, 0.05) is 47.7 Å². The molecule has 3 aromatic rings. The first-order valence-corrected chi connectivity index (χ1v) is 8.43. The number of fused-ring (bicyclic) bond motifs is 1. The van der Waals surface area contributed by atoms with Gasteiger partial charge in [0.1, 0.15) is 5.65 Å². The molecule has 1 aliphatic rings. The molecule has 4 rings (SSSR count). The molecule has 1 fully saturated rings. The average Bonchev–Trinajstić information content (AvgIpc) is 2.96. The molecule has 23 heavy (non-hydrogen) atoms. The molecule has 1 N–H and O–H groups in total. The Morgan fingerprint density at radius 2 is 2.04 bits per heavy atom. The van der Waals surface area contributed by atoms with Crippen molar-refractivity contribution >= 4 is 11.0 Å². The number of nitrogens with zero attached hydrogens (tertiary/aromatic N) is 3. The van der Waals surface area contributed by atoms with Crippen molar-refractivity contribution in [1.82, 2.24) is 19.9 Å². The molecule has 0 spiro atoms. The minimum atomic E-state index is 0.649. The van der Waals surface area contributed by atoms with Crippen LogP contribution >= 0.6 is 0 Å². The van der Waals surface area contributed by atoms with Crippen LogP contribution < -0.4 is 0 Å². The molecule has 1 saturated heterocycles. The standard InChI is InChI=1S/C19H22N4/c1-14-5-2-3-12-23(14)13-17-16-6-4-9-21-19(16)22-18(17)15-7-10-20-11-8-15/h4,6-11,14H,2-3,5,12-13H2,1H3,(H,21,22). The third-order valence-electron chi connectivity index (χ3n) is 4.95. The molecular weight excluding hydrogens is 284 g/mol. The van der Waals surface area contributed by atoms with Crippen LogP contribution in [-0.2, 0) is 6.54 Å². The molecule has 0 aliphatic carbocycles. The van der Waals surface area contributed by atoms with E-state index < -0.39 is 0 Å². The van der Waals surface area contributed by atoms with Gasteiger partial charge in [0.15, 0.2) is 0 Å². The maximum atomic E-state index is 4.51. The molecule has 4 heteroatoms. The van der Waals surface area contributed by atoms with Crippen molar-refractivity contribution in [2.45, 2.75) is 38.8 Å². The number of piperidine rings is 1. The molecule has 0 bridgehead atoms. The van der Waals surface area contributed by atoms with E-state index in [0.29, 0.717) is 6.04 Å². The summed E-state index contributed by atoms with van der Waals surface area (Å²) in [6, 6.07) is 8.97. The lowest BCUT2D eigenvalue weighted by Crippen LogP contribution is -2.36. The Morgan fingerprint density at radius 1 is 1.17 bits per heavy atom. The molecule has 1 unspecified atom stereocenters. The summed E-state index contributed by atoms with van der Waals surface area (Å²) < 4.78 is 0. The van der Waals surface area contributed by atoms with Crippen molar-refractivity contribution in [2.75, 3.05) is 6.54 Å². The third-order valence-corrected chi connectivity index (χ3v) is 4.95. The maximum absolute atomic E-state index is 4.51. The first kappa shape index (κ1) is 14.4. The molecule has 0 radical (unpaired) electrons. The Balaban J connectivity index is 1.80. The van der Waals surface area contributed by atoms with Gasteiger partial charge in [-0.3, -0.25) is 9.88 Å². The average molecular weight is 306 g/mol. The highest BCUT2D eigenvalue weighted by molar-refractivity contribution is 5.88. The van der Waals surface area contributed by atoms with E-state index in [1.54, 1.807) is 0 Å². The van der Waals surface area contributed by atoms with Gasteiger partial charge in [0.25, 0.3) is 0 Å². The molecule has 0 aromatic carbocycles. The first-order valence-electron chi connectivity index (χ1n) is 8.43. The van der Waals surface area contributed by atoms with E-state index in [4.69, 9.17) is 0 Å². The number of hydrogen-bond acceptors (Lipinski definition) is 3. The highest BCUT2D eigenvalue weighted by Gasteiger charge is 2.22. The number of pyridine rings is 2. The van der Waals surface area contributed by atoms with Crippen LogP contribution in [-0.4, -0.2) is 32.4 Å². The molecule has 0 amide bonds. The zero-order valence-corrected chi connectivity index (χ0v) is 13.5. The second kappa shape index (κ2) is 6.13. The van der Waals surface area contributed by atoms with Gasteiger partial charge in [-0.15, -0.1) is 0 Å². The second-order valence-electron chi connectivity index (χ2n) is 6.43. The largest absolute Gasteiger partial charge is 0.339 e. The lowest BCUT2D eigenvalue weighted by molar-refractivity contribution is 0.153. The monoisotopic (exact) mass is 306 g/mol. The van der Waals surface area contributed by atoms with Gasteiger partial charge >= 0.3 is 0 Å². The summed E-state index contributed by atoms with van der Waals surface area (Å²) in [4.78, 5) is 14.8. The van der Waals surface area contributed by atoms with Gasteiger partial charge in [0.05, 0.1) is 5.69 Å². The number of nitrogens with one attached hydrogen (secondary N) is 1. The number of aromatic nitrogens is 3. The number of likely N-dealkylation sites (tertiary alicyclic amines) is 1. The summed E-state index contributed by atoms with van der Waals surface area (Å²) in [6.07, 6.45) is 9.50. The van der Waals surface area contributed by atoms with Crippen LogP contribution in [0.4, 0.5) is 0 Å². The van der Waals surface area contributed by atoms with E-state index in [1.165, 1.54) is 48.0 Å². The summed E-state index contributed by atoms with van der Waals surface area (Å²) in [5.41, 5.74) is 4.68.